The van der Waals surface area contributed by atoms with Gasteiger partial charge in [-0.15, -0.1) is 0 Å². The van der Waals surface area contributed by atoms with Crippen molar-refractivity contribution in [2.75, 3.05) is 6.54 Å². The Kier molecular flexibility index (Phi) is 4.59. The number of amides is 1. The van der Waals surface area contributed by atoms with Gasteiger partial charge in [-0.1, -0.05) is 54.9 Å². The van der Waals surface area contributed by atoms with Crippen LogP contribution >= 0.6 is 15.9 Å². The molecule has 0 aromatic heterocycles. The lowest BCUT2D eigenvalue weighted by Crippen LogP contribution is -2.39. The molecule has 0 saturated carbocycles. The molecule has 0 fully saturated rings. The molecule has 2 aliphatic rings. The topological polar surface area (TPSA) is 73.1 Å². The number of phenolic OH excluding ortho intramolecular Hbond substituents is 1. The van der Waals surface area contributed by atoms with E-state index in [2.05, 4.69) is 36.7 Å². The number of aliphatic imine (C=N–C) groups is 1. The summed E-state index contributed by atoms with van der Waals surface area (Å²) in [5, 5.41) is 21.3. The number of aromatic hydroxyl groups is 1. The first-order chi connectivity index (χ1) is 13.2. The zero-order valence-corrected chi connectivity index (χ0v) is 17.7. The number of hydrogen-bond acceptors (Lipinski definition) is 4. The molecular weight excluding hydrogens is 420 g/mol. The second-order valence-electron chi connectivity index (χ2n) is 8.48. The standard InChI is InChI=1S/C22H23BrN2O3/c1-22(2,3)18-10-14-15(23)8-9-17(26)19(14)16(24-18)11-25-20(27)12-6-4-5-7-13(12)21(25)28/h4-9,18,20,26-27H,10-11H2,1-3H3/t18?,20-/m0/s1. The van der Waals surface area contributed by atoms with Gasteiger partial charge in [-0.2, -0.15) is 0 Å². The van der Waals surface area contributed by atoms with E-state index < -0.39 is 6.23 Å². The molecule has 2 atom stereocenters. The maximum Gasteiger partial charge on any atom is 0.256 e. The number of benzene rings is 2. The Bertz CT molecular complexity index is 994. The molecule has 0 aliphatic carbocycles. The molecule has 0 radical (unpaired) electrons. The van der Waals surface area contributed by atoms with Gasteiger partial charge in [0.05, 0.1) is 18.3 Å². The van der Waals surface area contributed by atoms with E-state index in [9.17, 15) is 15.0 Å². The number of phenols is 1. The lowest BCUT2D eigenvalue weighted by molar-refractivity contribution is 0.0250. The molecule has 1 amide bonds. The molecule has 2 aromatic rings. The first kappa shape index (κ1) is 19.2. The summed E-state index contributed by atoms with van der Waals surface area (Å²) in [7, 11) is 0. The van der Waals surface area contributed by atoms with E-state index >= 15 is 0 Å². The fourth-order valence-electron chi connectivity index (χ4n) is 3.91. The number of rotatable bonds is 2. The van der Waals surface area contributed by atoms with Gasteiger partial charge >= 0.3 is 0 Å². The lowest BCUT2D eigenvalue weighted by atomic mass is 9.80. The zero-order chi connectivity index (χ0) is 20.2. The third-order valence-corrected chi connectivity index (χ3v) is 6.32. The van der Waals surface area contributed by atoms with Gasteiger partial charge in [0.25, 0.3) is 5.91 Å². The Balaban J connectivity index is 1.77. The highest BCUT2D eigenvalue weighted by Crippen LogP contribution is 2.39. The average Bonchev–Trinajstić information content (AvgIpc) is 2.89. The lowest BCUT2D eigenvalue weighted by Gasteiger charge is -2.34. The van der Waals surface area contributed by atoms with E-state index in [4.69, 9.17) is 4.99 Å². The van der Waals surface area contributed by atoms with Crippen LogP contribution in [0.15, 0.2) is 45.9 Å². The van der Waals surface area contributed by atoms with Gasteiger partial charge in [-0.3, -0.25) is 9.79 Å². The molecular formula is C22H23BrN2O3. The summed E-state index contributed by atoms with van der Waals surface area (Å²) in [6, 6.07) is 10.6. The molecule has 5 nitrogen and oxygen atoms in total. The third kappa shape index (κ3) is 3.05. The number of fused-ring (bicyclic) bond motifs is 2. The van der Waals surface area contributed by atoms with Crippen LogP contribution in [0.1, 0.15) is 54.0 Å². The monoisotopic (exact) mass is 442 g/mol. The molecule has 2 aromatic carbocycles. The smallest absolute Gasteiger partial charge is 0.256 e. The van der Waals surface area contributed by atoms with Crippen LogP contribution in [-0.4, -0.2) is 39.3 Å². The van der Waals surface area contributed by atoms with Gasteiger partial charge in [0, 0.05) is 21.2 Å². The SMILES string of the molecule is CC(C)(C)C1Cc2c(Br)ccc(O)c2C(CN2C(=O)c3ccccc3[C@@H]2O)=N1. The molecule has 28 heavy (non-hydrogen) atoms. The minimum atomic E-state index is -1.01. The molecule has 0 saturated heterocycles. The van der Waals surface area contributed by atoms with Crippen LogP contribution in [0.25, 0.3) is 0 Å². The van der Waals surface area contributed by atoms with Gasteiger partial charge < -0.3 is 15.1 Å². The highest BCUT2D eigenvalue weighted by atomic mass is 79.9. The van der Waals surface area contributed by atoms with E-state index in [0.717, 1.165) is 10.0 Å². The predicted molar refractivity (Wildman–Crippen MR) is 112 cm³/mol. The first-order valence-corrected chi connectivity index (χ1v) is 10.1. The van der Waals surface area contributed by atoms with Gasteiger partial charge in [0.1, 0.15) is 5.75 Å². The summed E-state index contributed by atoms with van der Waals surface area (Å²) in [4.78, 5) is 19.2. The van der Waals surface area contributed by atoms with Crippen molar-refractivity contribution in [2.45, 2.75) is 39.5 Å². The minimum Gasteiger partial charge on any atom is -0.507 e. The molecule has 2 aliphatic heterocycles. The quantitative estimate of drug-likeness (QED) is 0.736. The summed E-state index contributed by atoms with van der Waals surface area (Å²) in [5.41, 5.74) is 3.31. The second-order valence-corrected chi connectivity index (χ2v) is 9.33. The summed E-state index contributed by atoms with van der Waals surface area (Å²) >= 11 is 3.60. The Morgan fingerprint density at radius 3 is 2.61 bits per heavy atom. The largest absolute Gasteiger partial charge is 0.507 e. The number of hydrogen-bond donors (Lipinski definition) is 2. The number of aliphatic hydroxyl groups excluding tert-OH is 1. The molecule has 1 unspecified atom stereocenters. The predicted octanol–water partition coefficient (Wildman–Crippen LogP) is 4.06. The maximum absolute atomic E-state index is 12.9. The summed E-state index contributed by atoms with van der Waals surface area (Å²) in [6.07, 6.45) is -0.312. The van der Waals surface area contributed by atoms with Crippen LogP contribution in [0.5, 0.6) is 5.75 Å². The van der Waals surface area contributed by atoms with E-state index in [1.165, 1.54) is 4.90 Å². The van der Waals surface area contributed by atoms with Gasteiger partial charge in [0.15, 0.2) is 6.23 Å². The third-order valence-electron chi connectivity index (χ3n) is 5.58. The highest BCUT2D eigenvalue weighted by molar-refractivity contribution is 9.10. The molecule has 0 spiro atoms. The number of carbonyl (C=O) groups excluding carboxylic acids is 1. The highest BCUT2D eigenvalue weighted by Gasteiger charge is 2.38. The molecule has 2 heterocycles. The Morgan fingerprint density at radius 2 is 1.93 bits per heavy atom. The van der Waals surface area contributed by atoms with Gasteiger partial charge in [0.2, 0.25) is 0 Å². The van der Waals surface area contributed by atoms with Crippen molar-refractivity contribution in [3.63, 3.8) is 0 Å². The van der Waals surface area contributed by atoms with Crippen molar-refractivity contribution in [1.82, 2.24) is 4.90 Å². The van der Waals surface area contributed by atoms with Crippen molar-refractivity contribution >= 4 is 27.5 Å². The van der Waals surface area contributed by atoms with Crippen molar-refractivity contribution in [3.05, 3.63) is 63.1 Å². The Labute approximate surface area is 172 Å². The summed E-state index contributed by atoms with van der Waals surface area (Å²) in [5.74, 6) is -0.0809. The minimum absolute atomic E-state index is 0.00493. The molecule has 6 heteroatoms. The van der Waals surface area contributed by atoms with Crippen molar-refractivity contribution in [1.29, 1.82) is 0 Å². The van der Waals surface area contributed by atoms with E-state index in [1.807, 2.05) is 12.1 Å². The molecule has 0 bridgehead atoms. The number of carbonyl (C=O) groups is 1. The van der Waals surface area contributed by atoms with Crippen molar-refractivity contribution in [3.8, 4) is 5.75 Å². The zero-order valence-electron chi connectivity index (χ0n) is 16.1. The Hall–Kier alpha value is -2.18. The van der Waals surface area contributed by atoms with Crippen LogP contribution in [-0.2, 0) is 6.42 Å². The van der Waals surface area contributed by atoms with E-state index in [0.29, 0.717) is 28.8 Å². The fourth-order valence-corrected chi connectivity index (χ4v) is 4.41. The van der Waals surface area contributed by atoms with Gasteiger partial charge in [-0.05, 0) is 35.6 Å². The van der Waals surface area contributed by atoms with E-state index in [1.54, 1.807) is 24.3 Å². The van der Waals surface area contributed by atoms with Gasteiger partial charge in [-0.25, -0.2) is 0 Å². The maximum atomic E-state index is 12.9. The number of nitrogens with zero attached hydrogens (tertiary/aromatic N) is 2. The molecule has 4 rings (SSSR count). The van der Waals surface area contributed by atoms with Crippen LogP contribution < -0.4 is 0 Å². The normalized spacial score (nSPS) is 21.4. The van der Waals surface area contributed by atoms with Crippen LogP contribution in [0.3, 0.4) is 0 Å². The molecule has 146 valence electrons. The fraction of sp³-hybridized carbons (Fsp3) is 0.364. The van der Waals surface area contributed by atoms with Crippen molar-refractivity contribution < 1.29 is 15.0 Å². The second kappa shape index (κ2) is 6.71. The molecule has 2 N–H and O–H groups in total. The van der Waals surface area contributed by atoms with Crippen LogP contribution in [0.2, 0.25) is 0 Å². The van der Waals surface area contributed by atoms with Crippen LogP contribution in [0.4, 0.5) is 0 Å². The first-order valence-electron chi connectivity index (χ1n) is 9.34. The number of halogens is 1. The van der Waals surface area contributed by atoms with Crippen molar-refractivity contribution in [2.24, 2.45) is 10.4 Å². The summed E-state index contributed by atoms with van der Waals surface area (Å²) in [6.45, 7) is 6.53. The number of aliphatic hydroxyl groups is 1. The van der Waals surface area contributed by atoms with E-state index in [-0.39, 0.29) is 29.7 Å². The van der Waals surface area contributed by atoms with Crippen LogP contribution in [0, 0.1) is 5.41 Å². The summed E-state index contributed by atoms with van der Waals surface area (Å²) < 4.78 is 0.915. The average molecular weight is 443 g/mol. The Morgan fingerprint density at radius 1 is 1.21 bits per heavy atom.